The van der Waals surface area contributed by atoms with Crippen LogP contribution in [0.15, 0.2) is 103 Å². The van der Waals surface area contributed by atoms with E-state index in [9.17, 15) is 13.2 Å². The lowest BCUT2D eigenvalue weighted by atomic mass is 9.96. The van der Waals surface area contributed by atoms with Crippen LogP contribution in [-0.2, 0) is 0 Å². The van der Waals surface area contributed by atoms with Gasteiger partial charge in [0.2, 0.25) is 0 Å². The number of hydrogen-bond donors (Lipinski definition) is 0. The number of halogens is 3. The molecule has 0 bridgehead atoms. The van der Waals surface area contributed by atoms with E-state index in [2.05, 4.69) is 119 Å². The fourth-order valence-electron chi connectivity index (χ4n) is 10.5. The number of alkyl halides is 3. The topological polar surface area (TPSA) is 12.5 Å². The highest BCUT2D eigenvalue weighted by molar-refractivity contribution is 7.84. The molecule has 5 rings (SSSR count). The van der Waals surface area contributed by atoms with Crippen LogP contribution in [0.4, 0.5) is 13.2 Å². The van der Waals surface area contributed by atoms with E-state index in [0.29, 0.717) is 5.30 Å². The molecule has 2 nitrogen and oxygen atoms in total. The van der Waals surface area contributed by atoms with Crippen LogP contribution in [0.2, 0.25) is 36.3 Å². The molecule has 1 saturated carbocycles. The molecule has 0 N–H and O–H groups in total. The molecule has 1 fully saturated rings. The molecule has 352 valence electrons. The largest absolute Gasteiger partial charge is 0.573 e. The monoisotopic (exact) mass is 948 g/mol. The Balaban J connectivity index is 1.79. The Morgan fingerprint density at radius 2 is 0.859 bits per heavy atom. The molecule has 1 aliphatic carbocycles. The Bertz CT molecular complexity index is 1770. The second kappa shape index (κ2) is 26.9. The first-order valence-corrected chi connectivity index (χ1v) is 33.4. The number of benzene rings is 4. The Hall–Kier alpha value is -2.28. The van der Waals surface area contributed by atoms with E-state index in [1.54, 1.807) is 16.4 Å². The number of rotatable bonds is 28. The van der Waals surface area contributed by atoms with Crippen molar-refractivity contribution in [2.75, 3.05) is 0 Å². The fourth-order valence-corrected chi connectivity index (χ4v) is 28.1. The predicted octanol–water partition coefficient (Wildman–Crippen LogP) is 15.7. The van der Waals surface area contributed by atoms with Crippen molar-refractivity contribution in [3.63, 3.8) is 0 Å². The van der Waals surface area contributed by atoms with Crippen LogP contribution in [0.5, 0.6) is 5.75 Å². The molecular formula is C55H82F3NOP2Si2. The molecule has 4 aromatic rings. The zero-order valence-corrected chi connectivity index (χ0v) is 44.3. The van der Waals surface area contributed by atoms with Gasteiger partial charge in [-0.2, -0.15) is 0 Å². The molecule has 0 radical (unpaired) electrons. The Labute approximate surface area is 392 Å². The first kappa shape index (κ1) is 52.7. The highest BCUT2D eigenvalue weighted by atomic mass is 31.2. The summed E-state index contributed by atoms with van der Waals surface area (Å²) in [6.07, 6.45) is 15.8. The van der Waals surface area contributed by atoms with Gasteiger partial charge < -0.3 is 4.74 Å². The minimum Gasteiger partial charge on any atom is -0.405 e. The minimum atomic E-state index is -4.80. The summed E-state index contributed by atoms with van der Waals surface area (Å²) in [6, 6.07) is 45.9. The average Bonchev–Trinajstić information content (AvgIpc) is 3.32. The average molecular weight is 948 g/mol. The van der Waals surface area contributed by atoms with Gasteiger partial charge in [0, 0.05) is 27.5 Å². The summed E-state index contributed by atoms with van der Waals surface area (Å²) in [4.78, 5) is 0. The third kappa shape index (κ3) is 14.4. The molecule has 1 unspecified atom stereocenters. The number of hydrogen-bond acceptors (Lipinski definition) is 2. The molecule has 0 aromatic heterocycles. The third-order valence-electron chi connectivity index (χ3n) is 14.1. The van der Waals surface area contributed by atoms with Gasteiger partial charge >= 0.3 is 6.36 Å². The third-order valence-corrected chi connectivity index (χ3v) is 30.8. The van der Waals surface area contributed by atoms with Crippen molar-refractivity contribution in [3.05, 3.63) is 103 Å². The highest BCUT2D eigenvalue weighted by Gasteiger charge is 2.42. The van der Waals surface area contributed by atoms with Crippen LogP contribution >= 0.6 is 16.1 Å². The maximum Gasteiger partial charge on any atom is 0.573 e. The Morgan fingerprint density at radius 1 is 0.484 bits per heavy atom. The summed E-state index contributed by atoms with van der Waals surface area (Å²) in [5.74, 6) is -0.0801. The SMILES string of the molecule is CCCC[Si](CCCC)(CCCC)c1ccc(P(c2ccc([Si](CCCC)(CCCC)CCCC)cc2)N(C2CCCCC2)P(c2ccccc2)c2ccccc2OC(F)(F)F)cc1. The maximum atomic E-state index is 14.3. The lowest BCUT2D eigenvalue weighted by Crippen LogP contribution is -2.48. The van der Waals surface area contributed by atoms with Gasteiger partial charge in [-0.25, -0.2) is 4.44 Å². The quantitative estimate of drug-likeness (QED) is 0.0416. The molecule has 0 amide bonds. The summed E-state index contributed by atoms with van der Waals surface area (Å²) in [5.41, 5.74) is 0. The van der Waals surface area contributed by atoms with E-state index in [1.165, 1.54) is 136 Å². The van der Waals surface area contributed by atoms with Crippen molar-refractivity contribution in [1.82, 2.24) is 4.44 Å². The smallest absolute Gasteiger partial charge is 0.405 e. The van der Waals surface area contributed by atoms with Crippen LogP contribution in [0.25, 0.3) is 0 Å². The molecule has 9 heteroatoms. The molecule has 4 aromatic carbocycles. The fraction of sp³-hybridized carbons (Fsp3) is 0.564. The van der Waals surface area contributed by atoms with Crippen LogP contribution in [0, 0.1) is 0 Å². The van der Waals surface area contributed by atoms with Gasteiger partial charge in [-0.3, -0.25) is 0 Å². The molecule has 0 heterocycles. The molecular weight excluding hydrogens is 866 g/mol. The Morgan fingerprint density at radius 3 is 1.25 bits per heavy atom. The molecule has 1 atom stereocenters. The van der Waals surface area contributed by atoms with Gasteiger partial charge in [0.05, 0.1) is 16.1 Å². The van der Waals surface area contributed by atoms with Gasteiger partial charge in [-0.1, -0.05) is 275 Å². The molecule has 64 heavy (non-hydrogen) atoms. The van der Waals surface area contributed by atoms with E-state index < -0.39 is 38.7 Å². The van der Waals surface area contributed by atoms with Crippen molar-refractivity contribution in [2.45, 2.75) is 199 Å². The summed E-state index contributed by atoms with van der Waals surface area (Å²) >= 11 is 0. The molecule has 1 aliphatic rings. The number of unbranched alkanes of at least 4 members (excludes halogenated alkanes) is 6. The zero-order chi connectivity index (χ0) is 45.8. The summed E-state index contributed by atoms with van der Waals surface area (Å²) in [6.45, 7) is 14.0. The molecule has 0 spiro atoms. The lowest BCUT2D eigenvalue weighted by Gasteiger charge is -2.45. The van der Waals surface area contributed by atoms with Crippen LogP contribution in [0.1, 0.15) is 151 Å². The Kier molecular flexibility index (Phi) is 22.2. The maximum absolute atomic E-state index is 14.3. The van der Waals surface area contributed by atoms with Crippen molar-refractivity contribution >= 4 is 63.9 Å². The van der Waals surface area contributed by atoms with Crippen molar-refractivity contribution in [3.8, 4) is 5.75 Å². The van der Waals surface area contributed by atoms with E-state index in [0.717, 1.165) is 31.0 Å². The highest BCUT2D eigenvalue weighted by Crippen LogP contribution is 2.59. The van der Waals surface area contributed by atoms with Crippen LogP contribution in [-0.4, -0.2) is 33.0 Å². The first-order valence-electron chi connectivity index (χ1n) is 25.6. The lowest BCUT2D eigenvalue weighted by molar-refractivity contribution is -0.274. The summed E-state index contributed by atoms with van der Waals surface area (Å²) in [5, 5.41) is 7.54. The summed E-state index contributed by atoms with van der Waals surface area (Å²) in [7, 11) is -6.17. The normalized spacial score (nSPS) is 14.7. The van der Waals surface area contributed by atoms with Crippen LogP contribution < -0.4 is 36.3 Å². The van der Waals surface area contributed by atoms with Gasteiger partial charge in [0.15, 0.2) is 0 Å². The molecule has 0 saturated heterocycles. The number of para-hydroxylation sites is 1. The van der Waals surface area contributed by atoms with Gasteiger partial charge in [0.25, 0.3) is 0 Å². The number of nitrogens with zero attached hydrogens (tertiary/aromatic N) is 1. The van der Waals surface area contributed by atoms with E-state index in [4.69, 9.17) is 4.74 Å². The van der Waals surface area contributed by atoms with E-state index >= 15 is 0 Å². The van der Waals surface area contributed by atoms with E-state index in [-0.39, 0.29) is 11.8 Å². The molecule has 0 aliphatic heterocycles. The van der Waals surface area contributed by atoms with Crippen molar-refractivity contribution in [1.29, 1.82) is 0 Å². The van der Waals surface area contributed by atoms with E-state index in [1.807, 2.05) is 18.2 Å². The summed E-state index contributed by atoms with van der Waals surface area (Å²) < 4.78 is 50.8. The van der Waals surface area contributed by atoms with Gasteiger partial charge in [-0.05, 0) is 40.9 Å². The van der Waals surface area contributed by atoms with Gasteiger partial charge in [-0.15, -0.1) is 13.2 Å². The predicted molar refractivity (Wildman–Crippen MR) is 283 cm³/mol. The van der Waals surface area contributed by atoms with Crippen LogP contribution in [0.3, 0.4) is 0 Å². The number of ether oxygens (including phenoxy) is 1. The minimum absolute atomic E-state index is 0.0801. The first-order chi connectivity index (χ1) is 31.1. The van der Waals surface area contributed by atoms with Crippen molar-refractivity contribution in [2.24, 2.45) is 0 Å². The second-order valence-corrected chi connectivity index (χ2v) is 32.6. The zero-order valence-electron chi connectivity index (χ0n) is 40.5. The second-order valence-electron chi connectivity index (χ2n) is 18.9. The standard InChI is InChI=1S/C55H82F3NOP2Si2/c1-7-13-41-63(42-14-8-2,43-15-9-3)51-37-33-49(34-38-51)61(50-35-39-52(40-36-50)64(44-16-10-4,45-17-11-5)46-18-12-6)59(47-27-21-19-22-28-47)62(48-29-23-20-24-30-48)54-32-26-25-31-53(54)60-55(56,57)58/h20,23-26,29-40,47H,7-19,21-22,27-28,41-46H2,1-6H3. The van der Waals surface area contributed by atoms with Gasteiger partial charge in [0.1, 0.15) is 5.75 Å². The van der Waals surface area contributed by atoms with Crippen molar-refractivity contribution < 1.29 is 17.9 Å².